The summed E-state index contributed by atoms with van der Waals surface area (Å²) in [5.41, 5.74) is 0.835. The van der Waals surface area contributed by atoms with E-state index in [1.165, 1.54) is 12.1 Å². The van der Waals surface area contributed by atoms with E-state index in [1.807, 2.05) is 30.3 Å². The lowest BCUT2D eigenvalue weighted by Gasteiger charge is -2.15. The van der Waals surface area contributed by atoms with Crippen molar-refractivity contribution in [1.82, 2.24) is 10.2 Å². The molecular formula is C22H21FN4O3S. The van der Waals surface area contributed by atoms with Crippen molar-refractivity contribution in [3.8, 4) is 0 Å². The fraction of sp³-hybridized carbons (Fsp3) is 0.273. The molecular weight excluding hydrogens is 419 g/mol. The summed E-state index contributed by atoms with van der Waals surface area (Å²) in [6.45, 7) is 0.457. The third-order valence-corrected chi connectivity index (χ3v) is 5.96. The highest BCUT2D eigenvalue weighted by Crippen LogP contribution is 2.31. The molecule has 0 bridgehead atoms. The third kappa shape index (κ3) is 5.49. The molecule has 0 radical (unpaired) electrons. The van der Waals surface area contributed by atoms with Crippen LogP contribution in [0.25, 0.3) is 0 Å². The Hall–Kier alpha value is -3.20. The highest BCUT2D eigenvalue weighted by atomic mass is 32.2. The highest BCUT2D eigenvalue weighted by Gasteiger charge is 2.35. The number of aromatic nitrogens is 2. The van der Waals surface area contributed by atoms with Crippen LogP contribution in [0.15, 0.2) is 63.9 Å². The van der Waals surface area contributed by atoms with Crippen LogP contribution in [0.1, 0.15) is 31.1 Å². The number of rotatable bonds is 8. The first-order valence-corrected chi connectivity index (χ1v) is 10.9. The first kappa shape index (κ1) is 21.0. The molecule has 31 heavy (non-hydrogen) atoms. The maximum atomic E-state index is 12.9. The minimum absolute atomic E-state index is 0.00126. The average molecular weight is 441 g/mol. The number of hydrogen-bond donors (Lipinski definition) is 1. The van der Waals surface area contributed by atoms with Crippen molar-refractivity contribution in [3.05, 3.63) is 66.3 Å². The molecule has 160 valence electrons. The summed E-state index contributed by atoms with van der Waals surface area (Å²) in [5, 5.41) is 10.5. The number of benzene rings is 2. The molecule has 0 aliphatic carbocycles. The summed E-state index contributed by atoms with van der Waals surface area (Å²) in [6, 6.07) is 15.7. The molecule has 9 heteroatoms. The van der Waals surface area contributed by atoms with Gasteiger partial charge in [-0.15, -0.1) is 16.9 Å². The molecule has 2 aromatic carbocycles. The van der Waals surface area contributed by atoms with Gasteiger partial charge in [0.25, 0.3) is 0 Å². The van der Waals surface area contributed by atoms with E-state index in [-0.39, 0.29) is 36.0 Å². The first-order chi connectivity index (χ1) is 15.1. The van der Waals surface area contributed by atoms with Gasteiger partial charge in [0.2, 0.25) is 17.7 Å². The maximum Gasteiger partial charge on any atom is 0.322 e. The van der Waals surface area contributed by atoms with Gasteiger partial charge in [-0.2, -0.15) is 0 Å². The quantitative estimate of drug-likeness (QED) is 0.416. The summed E-state index contributed by atoms with van der Waals surface area (Å²) < 4.78 is 18.5. The smallest absolute Gasteiger partial charge is 0.322 e. The Labute approximate surface area is 183 Å². The number of nitrogens with zero attached hydrogens (tertiary/aromatic N) is 3. The summed E-state index contributed by atoms with van der Waals surface area (Å²) in [4.78, 5) is 27.1. The minimum Gasteiger partial charge on any atom is -0.407 e. The van der Waals surface area contributed by atoms with E-state index in [0.29, 0.717) is 25.3 Å². The number of para-hydroxylation sites is 1. The van der Waals surface area contributed by atoms with Gasteiger partial charge < -0.3 is 9.32 Å². The first-order valence-electron chi connectivity index (χ1n) is 9.95. The Bertz CT molecular complexity index is 1040. The number of amides is 2. The number of thioether (sulfide) groups is 1. The Morgan fingerprint density at radius 1 is 1.16 bits per heavy atom. The monoisotopic (exact) mass is 440 g/mol. The number of halogens is 1. The second-order valence-corrected chi connectivity index (χ2v) is 8.31. The molecule has 4 rings (SSSR count). The average Bonchev–Trinajstić information content (AvgIpc) is 3.39. The highest BCUT2D eigenvalue weighted by molar-refractivity contribution is 7.99. The Kier molecular flexibility index (Phi) is 6.61. The van der Waals surface area contributed by atoms with E-state index in [4.69, 9.17) is 4.42 Å². The number of carbonyl (C=O) groups excluding carboxylic acids is 2. The lowest BCUT2D eigenvalue weighted by atomic mass is 10.1. The van der Waals surface area contributed by atoms with Gasteiger partial charge in [0.05, 0.1) is 5.92 Å². The van der Waals surface area contributed by atoms with Crippen LogP contribution in [0.4, 0.5) is 16.1 Å². The van der Waals surface area contributed by atoms with Gasteiger partial charge in [-0.25, -0.2) is 4.39 Å². The molecule has 1 atom stereocenters. The SMILES string of the molecule is O=C(CCCSc1ccc(F)cc1)Nc1nnc(C2CC(=O)N(c3ccccc3)C2)o1. The lowest BCUT2D eigenvalue weighted by Crippen LogP contribution is -2.24. The van der Waals surface area contributed by atoms with E-state index < -0.39 is 0 Å². The molecule has 0 saturated carbocycles. The standard InChI is InChI=1S/C22H21FN4O3S/c23-16-8-10-18(11-9-16)31-12-4-7-19(28)24-22-26-25-21(30-22)15-13-20(29)27(14-15)17-5-2-1-3-6-17/h1-3,5-6,8-11,15H,4,7,12-14H2,(H,24,26,28). The molecule has 2 heterocycles. The van der Waals surface area contributed by atoms with E-state index in [2.05, 4.69) is 15.5 Å². The zero-order valence-electron chi connectivity index (χ0n) is 16.7. The summed E-state index contributed by atoms with van der Waals surface area (Å²) in [5.74, 6) is 0.374. The van der Waals surface area contributed by atoms with Crippen LogP contribution in [0, 0.1) is 5.82 Å². The molecule has 1 unspecified atom stereocenters. The summed E-state index contributed by atoms with van der Waals surface area (Å²) in [7, 11) is 0. The van der Waals surface area contributed by atoms with E-state index >= 15 is 0 Å². The second-order valence-electron chi connectivity index (χ2n) is 7.14. The summed E-state index contributed by atoms with van der Waals surface area (Å²) >= 11 is 1.56. The molecule has 1 aliphatic heterocycles. The largest absolute Gasteiger partial charge is 0.407 e. The van der Waals surface area contributed by atoms with Crippen LogP contribution >= 0.6 is 11.8 Å². The van der Waals surface area contributed by atoms with Crippen molar-refractivity contribution in [2.45, 2.75) is 30.1 Å². The van der Waals surface area contributed by atoms with Crippen molar-refractivity contribution in [1.29, 1.82) is 0 Å². The number of anilines is 2. The zero-order chi connectivity index (χ0) is 21.6. The molecule has 1 N–H and O–H groups in total. The topological polar surface area (TPSA) is 88.3 Å². The van der Waals surface area contributed by atoms with Gasteiger partial charge in [-0.3, -0.25) is 14.9 Å². The van der Waals surface area contributed by atoms with E-state index in [9.17, 15) is 14.0 Å². The number of carbonyl (C=O) groups is 2. The van der Waals surface area contributed by atoms with Crippen molar-refractivity contribution < 1.29 is 18.4 Å². The molecule has 2 amide bonds. The zero-order valence-corrected chi connectivity index (χ0v) is 17.5. The van der Waals surface area contributed by atoms with Crippen molar-refractivity contribution >= 4 is 35.3 Å². The Balaban J connectivity index is 1.24. The van der Waals surface area contributed by atoms with Gasteiger partial charge in [0.1, 0.15) is 5.82 Å². The molecule has 1 saturated heterocycles. The third-order valence-electron chi connectivity index (χ3n) is 4.86. The van der Waals surface area contributed by atoms with Crippen molar-refractivity contribution in [2.75, 3.05) is 22.5 Å². The lowest BCUT2D eigenvalue weighted by molar-refractivity contribution is -0.117. The van der Waals surface area contributed by atoms with Gasteiger partial charge in [0, 0.05) is 30.0 Å². The van der Waals surface area contributed by atoms with Crippen LogP contribution in [-0.4, -0.2) is 34.3 Å². The Morgan fingerprint density at radius 2 is 1.94 bits per heavy atom. The van der Waals surface area contributed by atoms with Gasteiger partial charge >= 0.3 is 6.01 Å². The van der Waals surface area contributed by atoms with Gasteiger partial charge in [0.15, 0.2) is 0 Å². The van der Waals surface area contributed by atoms with Crippen LogP contribution in [0.3, 0.4) is 0 Å². The number of nitrogens with one attached hydrogen (secondary N) is 1. The van der Waals surface area contributed by atoms with Crippen LogP contribution in [0.5, 0.6) is 0 Å². The van der Waals surface area contributed by atoms with Crippen molar-refractivity contribution in [2.24, 2.45) is 0 Å². The normalized spacial score (nSPS) is 16.0. The van der Waals surface area contributed by atoms with Gasteiger partial charge in [-0.05, 0) is 48.6 Å². The van der Waals surface area contributed by atoms with Crippen LogP contribution < -0.4 is 10.2 Å². The Morgan fingerprint density at radius 3 is 2.71 bits per heavy atom. The molecule has 3 aromatic rings. The molecule has 1 aliphatic rings. The molecule has 0 spiro atoms. The fourth-order valence-corrected chi connectivity index (χ4v) is 4.17. The molecule has 7 nitrogen and oxygen atoms in total. The van der Waals surface area contributed by atoms with Gasteiger partial charge in [-0.1, -0.05) is 23.3 Å². The molecule has 1 aromatic heterocycles. The van der Waals surface area contributed by atoms with Crippen LogP contribution in [0.2, 0.25) is 0 Å². The predicted molar refractivity (Wildman–Crippen MR) is 115 cm³/mol. The van der Waals surface area contributed by atoms with E-state index in [0.717, 1.165) is 16.3 Å². The predicted octanol–water partition coefficient (Wildman–Crippen LogP) is 4.24. The summed E-state index contributed by atoms with van der Waals surface area (Å²) in [6.07, 6.45) is 1.23. The van der Waals surface area contributed by atoms with Crippen molar-refractivity contribution in [3.63, 3.8) is 0 Å². The minimum atomic E-state index is -0.266. The number of hydrogen-bond acceptors (Lipinski definition) is 6. The fourth-order valence-electron chi connectivity index (χ4n) is 3.32. The van der Waals surface area contributed by atoms with Crippen LogP contribution in [-0.2, 0) is 9.59 Å². The maximum absolute atomic E-state index is 12.9. The molecule has 1 fully saturated rings. The second kappa shape index (κ2) is 9.74. The van der Waals surface area contributed by atoms with E-state index in [1.54, 1.807) is 28.8 Å².